The third-order valence-corrected chi connectivity index (χ3v) is 6.57. The van der Waals surface area contributed by atoms with Crippen LogP contribution in [-0.2, 0) is 14.3 Å². The van der Waals surface area contributed by atoms with Crippen LogP contribution in [0.1, 0.15) is 52.4 Å². The van der Waals surface area contributed by atoms with Crippen LogP contribution in [-0.4, -0.2) is 42.7 Å². The maximum Gasteiger partial charge on any atom is 0.260 e. The van der Waals surface area contributed by atoms with Gasteiger partial charge >= 0.3 is 0 Å². The first kappa shape index (κ1) is 20.3. The van der Waals surface area contributed by atoms with Crippen LogP contribution in [0.25, 0.3) is 0 Å². The highest BCUT2D eigenvalue weighted by molar-refractivity contribution is 7.80. The monoisotopic (exact) mass is 396 g/mol. The fraction of sp³-hybridized carbons (Fsp3) is 0.842. The molecule has 0 aromatic rings. The minimum atomic E-state index is -0.614. The standard InChI is InChI=1S/C19H32N4O3S/c1-11(10-26-3)20-18(27)23-22-16(24)12(2)21-17(25)19-7-13-4-14(8-19)6-15(5-13)9-19/h11-15H,4-10H2,1-3H3,(H,21,25)(H,22,24)(H2,20,23,27)/t11-,12-,13?,14?,15?,19?/m0/s1. The van der Waals surface area contributed by atoms with Gasteiger partial charge < -0.3 is 15.4 Å². The van der Waals surface area contributed by atoms with E-state index in [2.05, 4.69) is 21.5 Å². The Kier molecular flexibility index (Phi) is 6.25. The van der Waals surface area contributed by atoms with Gasteiger partial charge in [0.25, 0.3) is 5.91 Å². The van der Waals surface area contributed by atoms with E-state index in [1.807, 2.05) is 6.92 Å². The highest BCUT2D eigenvalue weighted by Gasteiger charge is 2.54. The van der Waals surface area contributed by atoms with Crippen molar-refractivity contribution in [2.45, 2.75) is 64.5 Å². The molecule has 4 rings (SSSR count). The Hall–Kier alpha value is -1.41. The molecule has 4 aliphatic rings. The van der Waals surface area contributed by atoms with Gasteiger partial charge in [-0.2, -0.15) is 0 Å². The van der Waals surface area contributed by atoms with E-state index < -0.39 is 6.04 Å². The van der Waals surface area contributed by atoms with Gasteiger partial charge in [-0.1, -0.05) is 0 Å². The van der Waals surface area contributed by atoms with Crippen LogP contribution in [0.3, 0.4) is 0 Å². The number of hydrogen-bond donors (Lipinski definition) is 4. The Morgan fingerprint density at radius 1 is 1.04 bits per heavy atom. The van der Waals surface area contributed by atoms with E-state index in [9.17, 15) is 9.59 Å². The lowest BCUT2D eigenvalue weighted by Gasteiger charge is -2.55. The zero-order valence-corrected chi connectivity index (χ0v) is 17.3. The van der Waals surface area contributed by atoms with E-state index in [1.54, 1.807) is 14.0 Å². The molecule has 0 radical (unpaired) electrons. The molecule has 0 unspecified atom stereocenters. The third kappa shape index (κ3) is 4.71. The largest absolute Gasteiger partial charge is 0.383 e. The molecule has 4 saturated carbocycles. The van der Waals surface area contributed by atoms with Crippen LogP contribution < -0.4 is 21.5 Å². The first-order chi connectivity index (χ1) is 12.8. The number of rotatable bonds is 6. The number of hydrogen-bond acceptors (Lipinski definition) is 4. The molecule has 152 valence electrons. The Labute approximate surface area is 166 Å². The van der Waals surface area contributed by atoms with E-state index in [4.69, 9.17) is 17.0 Å². The third-order valence-electron chi connectivity index (χ3n) is 6.35. The number of amides is 2. The van der Waals surface area contributed by atoms with Crippen LogP contribution >= 0.6 is 12.2 Å². The van der Waals surface area contributed by atoms with Gasteiger partial charge in [0.2, 0.25) is 5.91 Å². The molecule has 27 heavy (non-hydrogen) atoms. The fourth-order valence-electron chi connectivity index (χ4n) is 5.58. The number of nitrogens with one attached hydrogen (secondary N) is 4. The predicted octanol–water partition coefficient (Wildman–Crippen LogP) is 1.24. The van der Waals surface area contributed by atoms with Crippen LogP contribution in [0.2, 0.25) is 0 Å². The van der Waals surface area contributed by atoms with Gasteiger partial charge in [0, 0.05) is 18.6 Å². The lowest BCUT2D eigenvalue weighted by atomic mass is 9.49. The van der Waals surface area contributed by atoms with Gasteiger partial charge in [-0.05, 0) is 82.3 Å². The molecule has 0 spiro atoms. The summed E-state index contributed by atoms with van der Waals surface area (Å²) < 4.78 is 5.03. The van der Waals surface area contributed by atoms with Gasteiger partial charge in [-0.3, -0.25) is 20.4 Å². The molecule has 2 atom stereocenters. The van der Waals surface area contributed by atoms with Crippen molar-refractivity contribution in [1.82, 2.24) is 21.5 Å². The second-order valence-corrected chi connectivity index (χ2v) is 9.25. The minimum Gasteiger partial charge on any atom is -0.383 e. The number of thiocarbonyl (C=S) groups is 1. The van der Waals surface area contributed by atoms with E-state index in [1.165, 1.54) is 19.3 Å². The number of carbonyl (C=O) groups is 2. The molecular weight excluding hydrogens is 364 g/mol. The topological polar surface area (TPSA) is 91.5 Å². The SMILES string of the molecule is COC[C@H](C)NC(=S)NNC(=O)[C@H](C)NC(=O)C12CC3CC(CC(C3)C1)C2. The molecule has 4 bridgehead atoms. The molecule has 0 aromatic carbocycles. The van der Waals surface area contributed by atoms with Gasteiger partial charge in [0.05, 0.1) is 6.61 Å². The average Bonchev–Trinajstić information content (AvgIpc) is 2.58. The van der Waals surface area contributed by atoms with Crippen molar-refractivity contribution in [3.05, 3.63) is 0 Å². The van der Waals surface area contributed by atoms with Gasteiger partial charge in [0.1, 0.15) is 6.04 Å². The fourth-order valence-corrected chi connectivity index (χ4v) is 5.83. The van der Waals surface area contributed by atoms with E-state index in [0.29, 0.717) is 29.5 Å². The molecule has 0 saturated heterocycles. The first-order valence-corrected chi connectivity index (χ1v) is 10.4. The quantitative estimate of drug-likeness (QED) is 0.399. The lowest BCUT2D eigenvalue weighted by molar-refractivity contribution is -0.148. The highest BCUT2D eigenvalue weighted by atomic mass is 32.1. The second-order valence-electron chi connectivity index (χ2n) is 8.84. The Balaban J connectivity index is 1.45. The van der Waals surface area contributed by atoms with Crippen molar-refractivity contribution in [2.75, 3.05) is 13.7 Å². The normalized spacial score (nSPS) is 33.1. The van der Waals surface area contributed by atoms with Crippen molar-refractivity contribution in [1.29, 1.82) is 0 Å². The van der Waals surface area contributed by atoms with Gasteiger partial charge in [0.15, 0.2) is 5.11 Å². The summed E-state index contributed by atoms with van der Waals surface area (Å²) in [4.78, 5) is 25.3. The van der Waals surface area contributed by atoms with Crippen molar-refractivity contribution < 1.29 is 14.3 Å². The summed E-state index contributed by atoms with van der Waals surface area (Å²) in [5.41, 5.74) is 4.99. The molecule has 0 aromatic heterocycles. The van der Waals surface area contributed by atoms with Gasteiger partial charge in [-0.15, -0.1) is 0 Å². The average molecular weight is 397 g/mol. The molecule has 4 fully saturated rings. The number of carbonyl (C=O) groups excluding carboxylic acids is 2. The van der Waals surface area contributed by atoms with Crippen molar-refractivity contribution in [2.24, 2.45) is 23.2 Å². The van der Waals surface area contributed by atoms with Crippen molar-refractivity contribution in [3.63, 3.8) is 0 Å². The Morgan fingerprint density at radius 3 is 2.11 bits per heavy atom. The van der Waals surface area contributed by atoms with E-state index >= 15 is 0 Å². The molecule has 4 N–H and O–H groups in total. The van der Waals surface area contributed by atoms with Crippen LogP contribution in [0.5, 0.6) is 0 Å². The first-order valence-electron chi connectivity index (χ1n) is 9.97. The summed E-state index contributed by atoms with van der Waals surface area (Å²) in [6.07, 6.45) is 6.84. The number of hydrazine groups is 1. The van der Waals surface area contributed by atoms with Gasteiger partial charge in [-0.25, -0.2) is 0 Å². The second kappa shape index (κ2) is 8.31. The zero-order valence-electron chi connectivity index (χ0n) is 16.5. The van der Waals surface area contributed by atoms with Crippen LogP contribution in [0.4, 0.5) is 0 Å². The molecular formula is C19H32N4O3S. The molecule has 2 amide bonds. The van der Waals surface area contributed by atoms with E-state index in [-0.39, 0.29) is 23.3 Å². The predicted molar refractivity (Wildman–Crippen MR) is 107 cm³/mol. The smallest absolute Gasteiger partial charge is 0.260 e. The van der Waals surface area contributed by atoms with Crippen LogP contribution in [0.15, 0.2) is 0 Å². The Bertz CT molecular complexity index is 562. The summed E-state index contributed by atoms with van der Waals surface area (Å²) in [6, 6.07) is -0.586. The van der Waals surface area contributed by atoms with Crippen molar-refractivity contribution >= 4 is 29.1 Å². The maximum atomic E-state index is 13.0. The molecule has 0 heterocycles. The summed E-state index contributed by atoms with van der Waals surface area (Å²) >= 11 is 5.13. The summed E-state index contributed by atoms with van der Waals surface area (Å²) in [7, 11) is 1.62. The summed E-state index contributed by atoms with van der Waals surface area (Å²) in [5, 5.41) is 6.26. The Morgan fingerprint density at radius 2 is 1.59 bits per heavy atom. The number of ether oxygens (including phenoxy) is 1. The zero-order chi connectivity index (χ0) is 19.6. The summed E-state index contributed by atoms with van der Waals surface area (Å²) in [6.45, 7) is 4.14. The molecule has 0 aliphatic heterocycles. The van der Waals surface area contributed by atoms with Crippen LogP contribution in [0, 0.1) is 23.2 Å². The number of methoxy groups -OCH3 is 1. The highest BCUT2D eigenvalue weighted by Crippen LogP contribution is 2.60. The lowest BCUT2D eigenvalue weighted by Crippen LogP contribution is -2.58. The van der Waals surface area contributed by atoms with E-state index in [0.717, 1.165) is 19.3 Å². The molecule has 7 nitrogen and oxygen atoms in total. The molecule has 8 heteroatoms. The molecule has 4 aliphatic carbocycles. The maximum absolute atomic E-state index is 13.0. The summed E-state index contributed by atoms with van der Waals surface area (Å²) in [5.74, 6) is 1.84. The van der Waals surface area contributed by atoms with Crippen molar-refractivity contribution in [3.8, 4) is 0 Å². The minimum absolute atomic E-state index is 0.0279.